The number of aliphatic hydroxyl groups excluding tert-OH is 1. The van der Waals surface area contributed by atoms with Crippen LogP contribution in [0.4, 0.5) is 23.1 Å². The smallest absolute Gasteiger partial charge is 0.318 e. The van der Waals surface area contributed by atoms with Crippen LogP contribution < -0.4 is 30.3 Å². The molecule has 2 aromatic carbocycles. The fourth-order valence-electron chi connectivity index (χ4n) is 11.2. The van der Waals surface area contributed by atoms with Crippen LogP contribution in [0, 0.1) is 11.3 Å². The van der Waals surface area contributed by atoms with Crippen molar-refractivity contribution in [3.8, 4) is 12.1 Å². The highest BCUT2D eigenvalue weighted by molar-refractivity contribution is 6.36. The number of likely N-dealkylation sites (tertiary alicyclic amines) is 1. The number of piperidine rings is 1. The Morgan fingerprint density at radius 3 is 2.64 bits per heavy atom. The molecule has 376 valence electrons. The highest BCUT2D eigenvalue weighted by atomic mass is 35.5. The van der Waals surface area contributed by atoms with Gasteiger partial charge >= 0.3 is 6.01 Å². The number of carbonyl (C=O) groups is 1. The SMILES string of the molecule is C=C(Cn1cc(CNc2cc(N3CCCC[C@H]3CCO)nc3c(CC)cnn23)ccc1=O)C(=O)N1CCN(c2nc(OC[C@@H]3CCCN3C)nc3c2CCN(c2cccc4cccc(Cl)c24)C3)C[C@@H]1CC#N. The molecule has 8 heterocycles. The molecule has 0 unspecified atom stereocenters. The molecule has 1 amide bonds. The first-order valence-corrected chi connectivity index (χ1v) is 25.9. The van der Waals surface area contributed by atoms with Gasteiger partial charge in [-0.05, 0) is 88.0 Å². The van der Waals surface area contributed by atoms with E-state index < -0.39 is 6.04 Å². The highest BCUT2D eigenvalue weighted by Gasteiger charge is 2.35. The Hall–Kier alpha value is -6.74. The molecule has 4 aliphatic rings. The van der Waals surface area contributed by atoms with Gasteiger partial charge in [-0.3, -0.25) is 9.59 Å². The number of halogens is 1. The number of carbonyl (C=O) groups excluding carboxylic acids is 1. The summed E-state index contributed by atoms with van der Waals surface area (Å²) < 4.78 is 9.76. The third kappa shape index (κ3) is 10.0. The Labute approximate surface area is 425 Å². The quantitative estimate of drug-likeness (QED) is 0.0989. The van der Waals surface area contributed by atoms with Gasteiger partial charge in [0, 0.05) is 104 Å². The van der Waals surface area contributed by atoms with Crippen molar-refractivity contribution >= 4 is 57.1 Å². The number of nitrogens with one attached hydrogen (secondary N) is 1. The average Bonchev–Trinajstić information content (AvgIpc) is 4.02. The van der Waals surface area contributed by atoms with E-state index in [2.05, 4.69) is 80.9 Å². The Balaban J connectivity index is 0.852. The van der Waals surface area contributed by atoms with Crippen molar-refractivity contribution in [3.05, 3.63) is 117 Å². The number of likely N-dealkylation sites (N-methyl/N-ethyl adjacent to an activating group) is 1. The minimum absolute atomic E-state index is 0.0103. The van der Waals surface area contributed by atoms with Crippen LogP contribution in [0.25, 0.3) is 16.4 Å². The first kappa shape index (κ1) is 48.9. The molecular weight excluding hydrogens is 930 g/mol. The van der Waals surface area contributed by atoms with Gasteiger partial charge in [0.2, 0.25) is 0 Å². The van der Waals surface area contributed by atoms with Crippen LogP contribution in [0.1, 0.15) is 74.3 Å². The van der Waals surface area contributed by atoms with Gasteiger partial charge in [0.15, 0.2) is 5.65 Å². The van der Waals surface area contributed by atoms with E-state index in [1.807, 2.05) is 28.9 Å². The first-order valence-electron chi connectivity index (χ1n) is 25.5. The second kappa shape index (κ2) is 21.5. The molecule has 0 bridgehead atoms. The zero-order chi connectivity index (χ0) is 49.9. The summed E-state index contributed by atoms with van der Waals surface area (Å²) >= 11 is 6.81. The second-order valence-electron chi connectivity index (χ2n) is 19.7. The molecule has 3 atom stereocenters. The summed E-state index contributed by atoms with van der Waals surface area (Å²) in [5.74, 6) is 2.09. The van der Waals surface area contributed by atoms with Gasteiger partial charge in [0.25, 0.3) is 11.5 Å². The predicted molar refractivity (Wildman–Crippen MR) is 281 cm³/mol. The van der Waals surface area contributed by atoms with Gasteiger partial charge in [-0.2, -0.15) is 24.8 Å². The molecule has 3 saturated heterocycles. The minimum atomic E-state index is -0.457. The number of aromatic nitrogens is 6. The van der Waals surface area contributed by atoms with Gasteiger partial charge < -0.3 is 44.2 Å². The Morgan fingerprint density at radius 2 is 1.83 bits per heavy atom. The molecular formula is C54H64ClN13O4. The maximum absolute atomic E-state index is 14.4. The number of pyridine rings is 1. The zero-order valence-electron chi connectivity index (χ0n) is 41.3. The lowest BCUT2D eigenvalue weighted by Gasteiger charge is -2.42. The maximum atomic E-state index is 14.4. The first-order chi connectivity index (χ1) is 35.1. The van der Waals surface area contributed by atoms with E-state index in [4.69, 9.17) is 31.3 Å². The molecule has 0 radical (unpaired) electrons. The van der Waals surface area contributed by atoms with E-state index in [0.717, 1.165) is 120 Å². The van der Waals surface area contributed by atoms with Crippen LogP contribution in [-0.4, -0.2) is 128 Å². The van der Waals surface area contributed by atoms with E-state index in [1.54, 1.807) is 17.2 Å². The van der Waals surface area contributed by atoms with E-state index in [1.165, 1.54) is 10.6 Å². The van der Waals surface area contributed by atoms with Crippen LogP contribution in [0.3, 0.4) is 0 Å². The molecule has 10 rings (SSSR count). The maximum Gasteiger partial charge on any atom is 0.318 e. The van der Waals surface area contributed by atoms with E-state index in [9.17, 15) is 20.0 Å². The van der Waals surface area contributed by atoms with Gasteiger partial charge in [-0.1, -0.05) is 55.4 Å². The molecule has 72 heavy (non-hydrogen) atoms. The number of rotatable bonds is 16. The number of hydrogen-bond donors (Lipinski definition) is 2. The van der Waals surface area contributed by atoms with Gasteiger partial charge in [-0.15, -0.1) is 0 Å². The molecule has 6 aromatic rings. The third-order valence-electron chi connectivity index (χ3n) is 15.1. The lowest BCUT2D eigenvalue weighted by Crippen LogP contribution is -2.56. The zero-order valence-corrected chi connectivity index (χ0v) is 42.1. The molecule has 4 aromatic heterocycles. The molecule has 2 N–H and O–H groups in total. The van der Waals surface area contributed by atoms with Crippen molar-refractivity contribution < 1.29 is 14.6 Å². The lowest BCUT2D eigenvalue weighted by molar-refractivity contribution is -0.130. The molecule has 4 aliphatic heterocycles. The number of fused-ring (bicyclic) bond motifs is 3. The summed E-state index contributed by atoms with van der Waals surface area (Å²) in [5, 5.41) is 31.0. The fourth-order valence-corrected chi connectivity index (χ4v) is 11.4. The highest BCUT2D eigenvalue weighted by Crippen LogP contribution is 2.38. The van der Waals surface area contributed by atoms with Crippen molar-refractivity contribution in [2.45, 2.75) is 102 Å². The number of aryl methyl sites for hydroxylation is 1. The lowest BCUT2D eigenvalue weighted by atomic mass is 9.99. The van der Waals surface area contributed by atoms with Gasteiger partial charge in [-0.25, -0.2) is 4.98 Å². The molecule has 0 aliphatic carbocycles. The van der Waals surface area contributed by atoms with Crippen molar-refractivity contribution in [2.24, 2.45) is 0 Å². The number of aliphatic hydroxyl groups is 1. The standard InChI is InChI=1S/C54H64ClN13O4/c1-4-38-30-58-68-47(28-48(60-51(38)68)66-23-6-5-12-40(66)20-27-69)57-29-37-16-17-49(70)65(32-37)31-36(2)53(71)67-26-25-64(33-41(67)18-21-56)52-43-19-24-63(46-15-8-11-39-10-7-14-44(55)50(39)46)34-45(43)59-54(61-52)72-35-42-13-9-22-62(42)3/h7-8,10-11,14-17,28,30,32,40-42,57,69H,2,4-6,9,12-13,18-20,22-27,29,31,33-35H2,1,3H3/t40-,41-,42-/m0/s1. The molecule has 18 heteroatoms. The topological polar surface area (TPSA) is 177 Å². The minimum Gasteiger partial charge on any atom is -0.462 e. The monoisotopic (exact) mass is 993 g/mol. The number of piperazine rings is 1. The summed E-state index contributed by atoms with van der Waals surface area (Å²) in [4.78, 5) is 53.8. The largest absolute Gasteiger partial charge is 0.462 e. The van der Waals surface area contributed by atoms with Crippen molar-refractivity contribution in [1.82, 2.24) is 38.9 Å². The van der Waals surface area contributed by atoms with E-state index in [0.29, 0.717) is 63.2 Å². The van der Waals surface area contributed by atoms with Gasteiger partial charge in [0.05, 0.1) is 48.5 Å². The van der Waals surface area contributed by atoms with Crippen molar-refractivity contribution in [3.63, 3.8) is 0 Å². The number of nitriles is 1. The summed E-state index contributed by atoms with van der Waals surface area (Å²) in [6.07, 6.45) is 11.2. The molecule has 17 nitrogen and oxygen atoms in total. The van der Waals surface area contributed by atoms with E-state index >= 15 is 0 Å². The number of nitrogens with zero attached hydrogens (tertiary/aromatic N) is 12. The number of hydrogen-bond acceptors (Lipinski definition) is 14. The second-order valence-corrected chi connectivity index (χ2v) is 20.1. The average molecular weight is 995 g/mol. The summed E-state index contributed by atoms with van der Waals surface area (Å²) in [6, 6.07) is 20.2. The number of benzene rings is 2. The molecule has 3 fully saturated rings. The Morgan fingerprint density at radius 1 is 0.986 bits per heavy atom. The Bertz CT molecular complexity index is 3070. The van der Waals surface area contributed by atoms with Gasteiger partial charge in [0.1, 0.15) is 24.1 Å². The molecule has 0 saturated carbocycles. The number of ether oxygens (including phenoxy) is 1. The normalized spacial score (nSPS) is 19.5. The van der Waals surface area contributed by atoms with Crippen molar-refractivity contribution in [2.75, 3.05) is 79.5 Å². The van der Waals surface area contributed by atoms with Crippen LogP contribution in [0.15, 0.2) is 83.9 Å². The third-order valence-corrected chi connectivity index (χ3v) is 15.4. The van der Waals surface area contributed by atoms with Crippen molar-refractivity contribution in [1.29, 1.82) is 5.26 Å². The number of amides is 1. The van der Waals surface area contributed by atoms with E-state index in [-0.39, 0.29) is 48.7 Å². The summed E-state index contributed by atoms with van der Waals surface area (Å²) in [7, 11) is 2.12. The fraction of sp³-hybridized carbons (Fsp3) is 0.463. The summed E-state index contributed by atoms with van der Waals surface area (Å²) in [6.45, 7) is 11.6. The predicted octanol–water partition coefficient (Wildman–Crippen LogP) is 6.63. The van der Waals surface area contributed by atoms with Crippen LogP contribution >= 0.6 is 11.6 Å². The summed E-state index contributed by atoms with van der Waals surface area (Å²) in [5.41, 5.74) is 5.61. The number of anilines is 4. The molecule has 0 spiro atoms. The Kier molecular flexibility index (Phi) is 14.6. The van der Waals surface area contributed by atoms with Crippen LogP contribution in [-0.2, 0) is 37.3 Å². The van der Waals surface area contributed by atoms with Crippen LogP contribution in [0.2, 0.25) is 5.02 Å². The van der Waals surface area contributed by atoms with Crippen LogP contribution in [0.5, 0.6) is 6.01 Å².